The number of esters is 1. The van der Waals surface area contributed by atoms with Crippen molar-refractivity contribution in [3.8, 4) is 5.75 Å². The first-order valence-electron chi connectivity index (χ1n) is 11.1. The highest BCUT2D eigenvalue weighted by atomic mass is 32.1. The van der Waals surface area contributed by atoms with Crippen molar-refractivity contribution >= 4 is 17.3 Å². The topological polar surface area (TPSA) is 68.9 Å². The molecule has 3 aliphatic heterocycles. The summed E-state index contributed by atoms with van der Waals surface area (Å²) in [5.41, 5.74) is -1.93. The Morgan fingerprint density at radius 1 is 1.12 bits per heavy atom. The van der Waals surface area contributed by atoms with Crippen molar-refractivity contribution in [3.05, 3.63) is 76.9 Å². The minimum absolute atomic E-state index is 0.186. The Kier molecular flexibility index (Phi) is 5.80. The van der Waals surface area contributed by atoms with E-state index in [-0.39, 0.29) is 11.9 Å². The number of quaternary nitrogens is 1. The highest BCUT2D eigenvalue weighted by Gasteiger charge is 2.51. The Balaban J connectivity index is 1.28. The van der Waals surface area contributed by atoms with Gasteiger partial charge < -0.3 is 23.5 Å². The van der Waals surface area contributed by atoms with Crippen LogP contribution in [-0.2, 0) is 15.1 Å². The van der Waals surface area contributed by atoms with E-state index < -0.39 is 11.6 Å². The molecule has 3 fully saturated rings. The van der Waals surface area contributed by atoms with E-state index in [4.69, 9.17) is 13.9 Å². The van der Waals surface area contributed by atoms with Crippen LogP contribution in [0.1, 0.15) is 23.5 Å². The number of carbonyl (C=O) groups is 1. The Morgan fingerprint density at radius 3 is 2.62 bits per heavy atom. The van der Waals surface area contributed by atoms with Crippen LogP contribution in [-0.4, -0.2) is 54.4 Å². The number of para-hydroxylation sites is 1. The fraction of sp³-hybridized carbons (Fsp3) is 0.400. The molecule has 7 heteroatoms. The molecule has 2 atom stereocenters. The van der Waals surface area contributed by atoms with Crippen LogP contribution in [0.2, 0.25) is 0 Å². The van der Waals surface area contributed by atoms with E-state index in [1.807, 2.05) is 41.8 Å². The molecule has 32 heavy (non-hydrogen) atoms. The second-order valence-electron chi connectivity index (χ2n) is 8.80. The summed E-state index contributed by atoms with van der Waals surface area (Å²) >= 11 is 1.31. The molecule has 0 radical (unpaired) electrons. The van der Waals surface area contributed by atoms with Crippen molar-refractivity contribution in [1.82, 2.24) is 0 Å². The number of fused-ring (bicyclic) bond motifs is 3. The lowest BCUT2D eigenvalue weighted by Crippen LogP contribution is -2.65. The third-order valence-corrected chi connectivity index (χ3v) is 7.91. The first-order valence-corrected chi connectivity index (χ1v) is 12.0. The lowest BCUT2D eigenvalue weighted by atomic mass is 9.83. The normalized spacial score (nSPS) is 26.4. The monoisotopic (exact) mass is 454 g/mol. The largest absolute Gasteiger partial charge is 0.488 e. The van der Waals surface area contributed by atoms with Crippen LogP contribution in [0.5, 0.6) is 5.75 Å². The number of thiophene rings is 1. The van der Waals surface area contributed by atoms with Gasteiger partial charge in [-0.1, -0.05) is 24.3 Å². The van der Waals surface area contributed by atoms with Crippen molar-refractivity contribution in [2.75, 3.05) is 32.8 Å². The number of hydrogen-bond donors (Lipinski definition) is 1. The highest BCUT2D eigenvalue weighted by Crippen LogP contribution is 2.39. The van der Waals surface area contributed by atoms with E-state index >= 15 is 0 Å². The molecule has 3 saturated heterocycles. The lowest BCUT2D eigenvalue weighted by Gasteiger charge is -2.52. The van der Waals surface area contributed by atoms with Gasteiger partial charge in [0.2, 0.25) is 0 Å². The SMILES string of the molecule is O=C(O[C@H]1C[N+]2(CCOc3ccccc3)CCC1CC2)C(O)(c1ccco1)c1cccs1. The fourth-order valence-electron chi connectivity index (χ4n) is 5.06. The van der Waals surface area contributed by atoms with E-state index in [9.17, 15) is 9.90 Å². The molecule has 1 aromatic carbocycles. The van der Waals surface area contributed by atoms with Crippen molar-refractivity contribution in [3.63, 3.8) is 0 Å². The van der Waals surface area contributed by atoms with E-state index in [0.717, 1.165) is 49.3 Å². The molecule has 0 amide bonds. The molecule has 1 unspecified atom stereocenters. The Labute approximate surface area is 191 Å². The van der Waals surface area contributed by atoms with Gasteiger partial charge in [0.15, 0.2) is 11.9 Å². The third kappa shape index (κ3) is 3.96. The van der Waals surface area contributed by atoms with Crippen LogP contribution in [0, 0.1) is 5.92 Å². The first-order chi connectivity index (χ1) is 15.6. The Bertz CT molecular complexity index is 976. The summed E-state index contributed by atoms with van der Waals surface area (Å²) < 4.78 is 18.3. The number of furan rings is 1. The van der Waals surface area contributed by atoms with Gasteiger partial charge >= 0.3 is 5.97 Å². The number of hydrogen-bond acceptors (Lipinski definition) is 6. The minimum atomic E-state index is -1.93. The Hall–Kier alpha value is -2.61. The number of nitrogens with zero attached hydrogens (tertiary/aromatic N) is 1. The summed E-state index contributed by atoms with van der Waals surface area (Å²) in [5.74, 6) is 0.733. The standard InChI is InChI=1S/C25H28NO5S/c27-24(25(28,22-8-4-15-30-22)23-9-5-17-32-23)31-21-18-26(12-10-19(21)11-13-26)14-16-29-20-6-2-1-3-7-20/h1-9,15,17,19,21,28H,10-14,16,18H2/q+1/t19?,21-,25?,26?/m0/s1. The van der Waals surface area contributed by atoms with Crippen LogP contribution in [0.4, 0.5) is 0 Å². The maximum atomic E-state index is 13.4. The summed E-state index contributed by atoms with van der Waals surface area (Å²) in [6.07, 6.45) is 3.27. The molecule has 2 aromatic heterocycles. The molecule has 6 rings (SSSR count). The van der Waals surface area contributed by atoms with Gasteiger partial charge in [0, 0.05) is 18.8 Å². The average molecular weight is 455 g/mol. The zero-order valence-electron chi connectivity index (χ0n) is 17.9. The van der Waals surface area contributed by atoms with Gasteiger partial charge in [-0.25, -0.2) is 4.79 Å². The number of aliphatic hydroxyl groups is 1. The van der Waals surface area contributed by atoms with Crippen LogP contribution in [0.15, 0.2) is 70.7 Å². The van der Waals surface area contributed by atoms with E-state index in [2.05, 4.69) is 0 Å². The third-order valence-electron chi connectivity index (χ3n) is 6.93. The predicted molar refractivity (Wildman–Crippen MR) is 120 cm³/mol. The second-order valence-corrected chi connectivity index (χ2v) is 9.75. The average Bonchev–Trinajstić information content (AvgIpc) is 3.55. The van der Waals surface area contributed by atoms with Crippen molar-refractivity contribution in [2.45, 2.75) is 24.5 Å². The molecule has 0 spiro atoms. The van der Waals surface area contributed by atoms with Crippen molar-refractivity contribution in [1.29, 1.82) is 0 Å². The van der Waals surface area contributed by atoms with E-state index in [1.165, 1.54) is 17.6 Å². The molecule has 0 aliphatic carbocycles. The molecule has 2 bridgehead atoms. The van der Waals surface area contributed by atoms with Gasteiger partial charge in [-0.2, -0.15) is 0 Å². The summed E-state index contributed by atoms with van der Waals surface area (Å²) in [5, 5.41) is 13.3. The van der Waals surface area contributed by atoms with Crippen molar-refractivity contribution in [2.24, 2.45) is 5.92 Å². The quantitative estimate of drug-likeness (QED) is 0.414. The van der Waals surface area contributed by atoms with Crippen LogP contribution < -0.4 is 4.74 Å². The number of piperidine rings is 3. The molecule has 0 saturated carbocycles. The smallest absolute Gasteiger partial charge is 0.352 e. The summed E-state index contributed by atoms with van der Waals surface area (Å²) in [6.45, 7) is 4.41. The summed E-state index contributed by atoms with van der Waals surface area (Å²) in [6, 6.07) is 16.7. The van der Waals surface area contributed by atoms with Gasteiger partial charge in [0.1, 0.15) is 25.4 Å². The molecule has 6 nitrogen and oxygen atoms in total. The zero-order valence-corrected chi connectivity index (χ0v) is 18.7. The number of benzene rings is 1. The van der Waals surface area contributed by atoms with Gasteiger partial charge in [-0.15, -0.1) is 11.3 Å². The van der Waals surface area contributed by atoms with E-state index in [1.54, 1.807) is 18.2 Å². The van der Waals surface area contributed by atoms with Gasteiger partial charge in [-0.3, -0.25) is 0 Å². The van der Waals surface area contributed by atoms with Gasteiger partial charge in [0.25, 0.3) is 5.60 Å². The van der Waals surface area contributed by atoms with E-state index in [0.29, 0.717) is 17.4 Å². The van der Waals surface area contributed by atoms with Crippen LogP contribution in [0.3, 0.4) is 0 Å². The number of ether oxygens (including phenoxy) is 2. The Morgan fingerprint density at radius 2 is 1.94 bits per heavy atom. The van der Waals surface area contributed by atoms with Crippen LogP contribution >= 0.6 is 11.3 Å². The highest BCUT2D eigenvalue weighted by molar-refractivity contribution is 7.10. The molecule has 1 N–H and O–H groups in total. The zero-order chi connectivity index (χ0) is 22.0. The molecule has 168 valence electrons. The fourth-order valence-corrected chi connectivity index (χ4v) is 5.87. The predicted octanol–water partition coefficient (Wildman–Crippen LogP) is 3.81. The van der Waals surface area contributed by atoms with Crippen LogP contribution in [0.25, 0.3) is 0 Å². The lowest BCUT2D eigenvalue weighted by molar-refractivity contribution is -0.946. The molecule has 5 heterocycles. The first kappa shape index (κ1) is 21.2. The number of carbonyl (C=O) groups excluding carboxylic acids is 1. The van der Waals surface area contributed by atoms with Crippen molar-refractivity contribution < 1.29 is 28.3 Å². The van der Waals surface area contributed by atoms with Gasteiger partial charge in [0.05, 0.1) is 24.2 Å². The molecule has 3 aromatic rings. The maximum Gasteiger partial charge on any atom is 0.352 e. The molecular formula is C25H28NO5S+. The summed E-state index contributed by atoms with van der Waals surface area (Å²) in [7, 11) is 0. The maximum absolute atomic E-state index is 13.4. The summed E-state index contributed by atoms with van der Waals surface area (Å²) in [4.78, 5) is 13.9. The number of rotatable bonds is 8. The molecule has 3 aliphatic rings. The minimum Gasteiger partial charge on any atom is -0.488 e. The second kappa shape index (κ2) is 8.73. The molecular weight excluding hydrogens is 426 g/mol. The van der Waals surface area contributed by atoms with Gasteiger partial charge in [-0.05, 0) is 35.7 Å².